The first-order valence-corrected chi connectivity index (χ1v) is 11.9. The average molecular weight is 443 g/mol. The van der Waals surface area contributed by atoms with Gasteiger partial charge in [0.05, 0.1) is 6.54 Å². The molecule has 1 amide bonds. The van der Waals surface area contributed by atoms with Crippen molar-refractivity contribution >= 4 is 11.9 Å². The lowest BCUT2D eigenvalue weighted by Crippen LogP contribution is -2.36. The quantitative estimate of drug-likeness (QED) is 0.596. The Kier molecular flexibility index (Phi) is 7.40. The maximum absolute atomic E-state index is 13.8. The fourth-order valence-electron chi connectivity index (χ4n) is 4.67. The van der Waals surface area contributed by atoms with Crippen LogP contribution in [0.5, 0.6) is 0 Å². The van der Waals surface area contributed by atoms with Crippen molar-refractivity contribution in [3.8, 4) is 0 Å². The van der Waals surface area contributed by atoms with Crippen LogP contribution in [0.2, 0.25) is 0 Å². The number of aromatic nitrogens is 3. The fraction of sp³-hybridized carbons (Fsp3) is 0.625. The van der Waals surface area contributed by atoms with Gasteiger partial charge in [-0.3, -0.25) is 9.36 Å². The molecule has 0 bridgehead atoms. The molecule has 174 valence electrons. The third-order valence-corrected chi connectivity index (χ3v) is 6.52. The molecular weight excluding hydrogens is 407 g/mol. The summed E-state index contributed by atoms with van der Waals surface area (Å²) < 4.78 is 16.0. The van der Waals surface area contributed by atoms with E-state index in [0.717, 1.165) is 56.5 Å². The Labute approximate surface area is 190 Å². The maximum atomic E-state index is 13.8. The van der Waals surface area contributed by atoms with E-state index in [1.807, 2.05) is 11.0 Å². The standard InChI is InChI=1S/C24H35FN6O/c1-19(2)31(17-20-8-6-9-21(25)16-20)24-27-26-22(18-29-13-7-10-23(29)32)30(24)15-14-28-11-4-3-5-12-28/h6,8-9,16,19H,3-5,7,10-15,17-18H2,1-2H3. The van der Waals surface area contributed by atoms with Gasteiger partial charge in [-0.15, -0.1) is 10.2 Å². The molecule has 2 saturated heterocycles. The van der Waals surface area contributed by atoms with Crippen LogP contribution >= 0.6 is 0 Å². The van der Waals surface area contributed by atoms with E-state index in [1.54, 1.807) is 12.1 Å². The minimum atomic E-state index is -0.231. The van der Waals surface area contributed by atoms with Gasteiger partial charge in [0.1, 0.15) is 5.82 Å². The Balaban J connectivity index is 1.59. The number of anilines is 1. The number of hydrogen-bond donors (Lipinski definition) is 0. The Bertz CT molecular complexity index is 908. The highest BCUT2D eigenvalue weighted by atomic mass is 19.1. The smallest absolute Gasteiger partial charge is 0.227 e. The summed E-state index contributed by atoms with van der Waals surface area (Å²) >= 11 is 0. The first kappa shape index (κ1) is 22.7. The summed E-state index contributed by atoms with van der Waals surface area (Å²) in [7, 11) is 0. The van der Waals surface area contributed by atoms with E-state index in [1.165, 1.54) is 25.3 Å². The lowest BCUT2D eigenvalue weighted by Gasteiger charge is -2.30. The first-order valence-electron chi connectivity index (χ1n) is 11.9. The molecular formula is C24H35FN6O. The molecule has 0 atom stereocenters. The fourth-order valence-corrected chi connectivity index (χ4v) is 4.67. The molecule has 1 aromatic heterocycles. The van der Waals surface area contributed by atoms with Gasteiger partial charge in [0.25, 0.3) is 0 Å². The van der Waals surface area contributed by atoms with E-state index < -0.39 is 0 Å². The maximum Gasteiger partial charge on any atom is 0.227 e. The summed E-state index contributed by atoms with van der Waals surface area (Å²) in [5.74, 6) is 1.59. The van der Waals surface area contributed by atoms with Gasteiger partial charge in [-0.1, -0.05) is 18.6 Å². The van der Waals surface area contributed by atoms with Gasteiger partial charge in [-0.05, 0) is 63.9 Å². The van der Waals surface area contributed by atoms with Crippen molar-refractivity contribution in [3.63, 3.8) is 0 Å². The van der Waals surface area contributed by atoms with E-state index in [9.17, 15) is 9.18 Å². The van der Waals surface area contributed by atoms with Crippen LogP contribution in [0, 0.1) is 5.82 Å². The second kappa shape index (κ2) is 10.4. The summed E-state index contributed by atoms with van der Waals surface area (Å²) in [5, 5.41) is 9.10. The number of nitrogens with zero attached hydrogens (tertiary/aromatic N) is 6. The second-order valence-corrected chi connectivity index (χ2v) is 9.24. The number of carbonyl (C=O) groups excluding carboxylic acids is 1. The number of halogens is 1. The van der Waals surface area contributed by atoms with Crippen LogP contribution in [0.4, 0.5) is 10.3 Å². The molecule has 3 heterocycles. The molecule has 0 aliphatic carbocycles. The monoisotopic (exact) mass is 442 g/mol. The average Bonchev–Trinajstić information content (AvgIpc) is 3.37. The summed E-state index contributed by atoms with van der Waals surface area (Å²) in [6.07, 6.45) is 5.34. The van der Waals surface area contributed by atoms with Gasteiger partial charge < -0.3 is 14.7 Å². The first-order chi connectivity index (χ1) is 15.5. The number of piperidine rings is 1. The predicted octanol–water partition coefficient (Wildman–Crippen LogP) is 3.44. The van der Waals surface area contributed by atoms with Crippen LogP contribution in [-0.4, -0.2) is 62.7 Å². The summed E-state index contributed by atoms with van der Waals surface area (Å²) in [6.45, 7) is 10.1. The Morgan fingerprint density at radius 2 is 1.88 bits per heavy atom. The highest BCUT2D eigenvalue weighted by molar-refractivity contribution is 5.77. The van der Waals surface area contributed by atoms with Gasteiger partial charge in [0, 0.05) is 38.6 Å². The minimum Gasteiger partial charge on any atom is -0.335 e. The molecule has 2 aliphatic heterocycles. The van der Waals surface area contributed by atoms with Crippen molar-refractivity contribution in [2.75, 3.05) is 31.1 Å². The molecule has 2 aliphatic rings. The number of benzene rings is 1. The molecule has 0 spiro atoms. The zero-order valence-corrected chi connectivity index (χ0v) is 19.3. The molecule has 0 unspecified atom stereocenters. The summed E-state index contributed by atoms with van der Waals surface area (Å²) in [5.41, 5.74) is 0.903. The summed E-state index contributed by atoms with van der Waals surface area (Å²) in [4.78, 5) is 18.8. The highest BCUT2D eigenvalue weighted by Crippen LogP contribution is 2.23. The number of carbonyl (C=O) groups is 1. The molecule has 1 aromatic carbocycles. The summed E-state index contributed by atoms with van der Waals surface area (Å²) in [6, 6.07) is 6.89. The van der Waals surface area contributed by atoms with Gasteiger partial charge in [-0.25, -0.2) is 4.39 Å². The van der Waals surface area contributed by atoms with E-state index >= 15 is 0 Å². The normalized spacial score (nSPS) is 17.5. The van der Waals surface area contributed by atoms with Gasteiger partial charge >= 0.3 is 0 Å². The van der Waals surface area contributed by atoms with Crippen LogP contribution in [-0.2, 0) is 24.4 Å². The molecule has 7 nitrogen and oxygen atoms in total. The van der Waals surface area contributed by atoms with Crippen LogP contribution in [0.15, 0.2) is 24.3 Å². The van der Waals surface area contributed by atoms with Crippen molar-refractivity contribution in [2.45, 2.75) is 71.6 Å². The number of likely N-dealkylation sites (tertiary alicyclic amines) is 2. The van der Waals surface area contributed by atoms with Crippen molar-refractivity contribution < 1.29 is 9.18 Å². The lowest BCUT2D eigenvalue weighted by atomic mass is 10.1. The second-order valence-electron chi connectivity index (χ2n) is 9.24. The Hall–Kier alpha value is -2.48. The van der Waals surface area contributed by atoms with Crippen LogP contribution < -0.4 is 4.90 Å². The highest BCUT2D eigenvalue weighted by Gasteiger charge is 2.26. The molecule has 4 rings (SSSR count). The Morgan fingerprint density at radius 1 is 1.06 bits per heavy atom. The Morgan fingerprint density at radius 3 is 2.56 bits per heavy atom. The van der Waals surface area contributed by atoms with E-state index in [-0.39, 0.29) is 17.8 Å². The van der Waals surface area contributed by atoms with Crippen molar-refractivity contribution in [1.29, 1.82) is 0 Å². The molecule has 2 fully saturated rings. The van der Waals surface area contributed by atoms with Crippen LogP contribution in [0.1, 0.15) is 57.3 Å². The molecule has 2 aromatic rings. The number of rotatable bonds is 9. The van der Waals surface area contributed by atoms with E-state index in [4.69, 9.17) is 0 Å². The van der Waals surface area contributed by atoms with Crippen molar-refractivity contribution in [2.24, 2.45) is 0 Å². The number of hydrogen-bond acceptors (Lipinski definition) is 5. The molecule has 8 heteroatoms. The zero-order valence-electron chi connectivity index (χ0n) is 19.3. The van der Waals surface area contributed by atoms with Crippen LogP contribution in [0.25, 0.3) is 0 Å². The lowest BCUT2D eigenvalue weighted by molar-refractivity contribution is -0.128. The third kappa shape index (κ3) is 5.46. The van der Waals surface area contributed by atoms with Gasteiger partial charge in [0.2, 0.25) is 11.9 Å². The molecule has 32 heavy (non-hydrogen) atoms. The minimum absolute atomic E-state index is 0.164. The molecule has 0 N–H and O–H groups in total. The van der Waals surface area contributed by atoms with E-state index in [0.29, 0.717) is 19.5 Å². The largest absolute Gasteiger partial charge is 0.335 e. The topological polar surface area (TPSA) is 57.5 Å². The van der Waals surface area contributed by atoms with Crippen molar-refractivity contribution in [3.05, 3.63) is 41.5 Å². The zero-order chi connectivity index (χ0) is 22.5. The number of amides is 1. The van der Waals surface area contributed by atoms with Crippen LogP contribution in [0.3, 0.4) is 0 Å². The van der Waals surface area contributed by atoms with Gasteiger partial charge in [0.15, 0.2) is 5.82 Å². The van der Waals surface area contributed by atoms with Crippen molar-refractivity contribution in [1.82, 2.24) is 24.6 Å². The van der Waals surface area contributed by atoms with E-state index in [2.05, 4.69) is 38.4 Å². The van der Waals surface area contributed by atoms with Gasteiger partial charge in [-0.2, -0.15) is 0 Å². The predicted molar refractivity (Wildman–Crippen MR) is 123 cm³/mol. The third-order valence-electron chi connectivity index (χ3n) is 6.52. The SMILES string of the molecule is CC(C)N(Cc1cccc(F)c1)c1nnc(CN2CCCC2=O)n1CCN1CCCCC1. The molecule has 0 radical (unpaired) electrons. The molecule has 0 saturated carbocycles.